The number of furan rings is 1. The molecule has 11 heteroatoms. The van der Waals surface area contributed by atoms with E-state index in [2.05, 4.69) is 21.2 Å². The molecule has 1 aromatic heterocycles. The molecule has 1 aliphatic rings. The summed E-state index contributed by atoms with van der Waals surface area (Å²) in [7, 11) is -2.32. The average molecular weight is 634 g/mol. The van der Waals surface area contributed by atoms with Crippen molar-refractivity contribution in [3.8, 4) is 11.3 Å². The topological polar surface area (TPSA) is 99.8 Å². The highest BCUT2D eigenvalue weighted by molar-refractivity contribution is 9.10. The Kier molecular flexibility index (Phi) is 7.73. The number of nitrogens with zero attached hydrogens (tertiary/aromatic N) is 1. The van der Waals surface area contributed by atoms with Crippen molar-refractivity contribution in [2.45, 2.75) is 31.3 Å². The second kappa shape index (κ2) is 10.9. The fraction of sp³-hybridized carbons (Fsp3) is 0.276. The first-order chi connectivity index (χ1) is 19.0. The molecule has 1 unspecified atom stereocenters. The van der Waals surface area contributed by atoms with Gasteiger partial charge in [-0.2, -0.15) is 0 Å². The molecule has 1 atom stereocenters. The van der Waals surface area contributed by atoms with Crippen molar-refractivity contribution in [3.63, 3.8) is 0 Å². The highest BCUT2D eigenvalue weighted by Crippen LogP contribution is 2.48. The van der Waals surface area contributed by atoms with Crippen LogP contribution in [0.15, 0.2) is 63.5 Å². The molecule has 210 valence electrons. The van der Waals surface area contributed by atoms with Crippen LogP contribution < -0.4 is 9.62 Å². The summed E-state index contributed by atoms with van der Waals surface area (Å²) in [4.78, 5) is 13.0. The molecule has 1 aliphatic carbocycles. The van der Waals surface area contributed by atoms with Crippen LogP contribution in [0.3, 0.4) is 0 Å². The van der Waals surface area contributed by atoms with Gasteiger partial charge < -0.3 is 14.8 Å². The normalized spacial score (nSPS) is 14.3. The summed E-state index contributed by atoms with van der Waals surface area (Å²) >= 11 is 3.31. The predicted octanol–water partition coefficient (Wildman–Crippen LogP) is 6.27. The maximum absolute atomic E-state index is 13.8. The van der Waals surface area contributed by atoms with Crippen LogP contribution in [0.4, 0.5) is 14.5 Å². The van der Waals surface area contributed by atoms with Crippen LogP contribution in [0.2, 0.25) is 0 Å². The smallest absolute Gasteiger partial charge is 0.255 e. The van der Waals surface area contributed by atoms with Crippen LogP contribution in [-0.4, -0.2) is 39.3 Å². The lowest BCUT2D eigenvalue weighted by Crippen LogP contribution is -2.32. The van der Waals surface area contributed by atoms with Crippen LogP contribution in [0.5, 0.6) is 0 Å². The molecule has 4 aromatic rings. The third-order valence-corrected chi connectivity index (χ3v) is 8.91. The first-order valence-electron chi connectivity index (χ1n) is 12.7. The van der Waals surface area contributed by atoms with E-state index in [-0.39, 0.29) is 30.2 Å². The maximum Gasteiger partial charge on any atom is 0.255 e. The van der Waals surface area contributed by atoms with E-state index >= 15 is 0 Å². The van der Waals surface area contributed by atoms with Gasteiger partial charge in [-0.15, -0.1) is 0 Å². The zero-order valence-electron chi connectivity index (χ0n) is 21.7. The number of carbonyl (C=O) groups is 1. The highest BCUT2D eigenvalue weighted by atomic mass is 79.9. The molecule has 0 radical (unpaired) electrons. The van der Waals surface area contributed by atoms with E-state index in [4.69, 9.17) is 4.42 Å². The van der Waals surface area contributed by atoms with Crippen molar-refractivity contribution in [2.24, 2.45) is 0 Å². The summed E-state index contributed by atoms with van der Waals surface area (Å²) in [6.45, 7) is -0.0813. The van der Waals surface area contributed by atoms with Gasteiger partial charge in [0.15, 0.2) is 0 Å². The molecular weight excluding hydrogens is 606 g/mol. The number of hydrogen-bond donors (Lipinski definition) is 2. The Morgan fingerprint density at radius 2 is 1.80 bits per heavy atom. The van der Waals surface area contributed by atoms with E-state index in [1.54, 1.807) is 12.1 Å². The Labute approximate surface area is 239 Å². The minimum absolute atomic E-state index is 0.000256. The summed E-state index contributed by atoms with van der Waals surface area (Å²) in [5.74, 6) is -1.01. The number of anilines is 1. The van der Waals surface area contributed by atoms with Crippen LogP contribution >= 0.6 is 15.9 Å². The number of aliphatic hydroxyl groups excluding tert-OH is 1. The number of carbonyl (C=O) groups excluding carboxylic acids is 1. The molecule has 5 rings (SSSR count). The van der Waals surface area contributed by atoms with E-state index in [9.17, 15) is 27.1 Å². The molecule has 1 fully saturated rings. The SMILES string of the molecule is CNC(=O)c1c(-c2ccc(F)cc2)oc2cc(N(CCC(O)c3cc(F)ccc3Br)S(C)(=O)=O)c(C3CC3)cc12. The third kappa shape index (κ3) is 5.63. The Morgan fingerprint density at radius 1 is 1.12 bits per heavy atom. The predicted molar refractivity (Wildman–Crippen MR) is 153 cm³/mol. The van der Waals surface area contributed by atoms with Crippen molar-refractivity contribution in [1.29, 1.82) is 0 Å². The number of hydrogen-bond acceptors (Lipinski definition) is 5. The van der Waals surface area contributed by atoms with E-state index in [0.29, 0.717) is 32.3 Å². The molecule has 1 amide bonds. The van der Waals surface area contributed by atoms with Gasteiger partial charge in [-0.3, -0.25) is 9.10 Å². The molecule has 0 saturated heterocycles. The lowest BCUT2D eigenvalue weighted by molar-refractivity contribution is 0.0964. The molecule has 1 saturated carbocycles. The molecule has 1 heterocycles. The van der Waals surface area contributed by atoms with Gasteiger partial charge >= 0.3 is 0 Å². The standard InChI is InChI=1S/C29H27BrF2N2O5S/c1-33-29(36)27-22-14-20(16-3-4-16)24(15-26(22)39-28(27)17-5-7-18(31)8-6-17)34(40(2,37)38)12-11-25(35)21-13-19(32)9-10-23(21)30/h5-10,13-16,25,35H,3-4,11-12H2,1-2H3,(H,33,36). The van der Waals surface area contributed by atoms with Crippen LogP contribution in [0.1, 0.15) is 52.8 Å². The van der Waals surface area contributed by atoms with Crippen LogP contribution in [0, 0.1) is 11.6 Å². The van der Waals surface area contributed by atoms with Gasteiger partial charge in [0.05, 0.1) is 23.6 Å². The molecule has 3 aromatic carbocycles. The van der Waals surface area contributed by atoms with E-state index in [1.807, 2.05) is 0 Å². The number of sulfonamides is 1. The summed E-state index contributed by atoms with van der Waals surface area (Å²) in [6.07, 6.45) is 1.66. The second-order valence-electron chi connectivity index (χ2n) is 9.88. The number of benzene rings is 3. The zero-order chi connectivity index (χ0) is 28.8. The first-order valence-corrected chi connectivity index (χ1v) is 15.3. The Hall–Kier alpha value is -3.28. The quantitative estimate of drug-likeness (QED) is 0.227. The van der Waals surface area contributed by atoms with Gasteiger partial charge in [-0.05, 0) is 84.8 Å². The molecule has 0 spiro atoms. The van der Waals surface area contributed by atoms with Gasteiger partial charge in [0, 0.05) is 35.1 Å². The first kappa shape index (κ1) is 28.3. The number of aliphatic hydroxyl groups is 1. The van der Waals surface area contributed by atoms with Crippen molar-refractivity contribution < 1.29 is 31.5 Å². The largest absolute Gasteiger partial charge is 0.455 e. The number of amides is 1. The monoisotopic (exact) mass is 632 g/mol. The number of fused-ring (bicyclic) bond motifs is 1. The Bertz CT molecular complexity index is 1700. The minimum atomic E-state index is -3.82. The second-order valence-corrected chi connectivity index (χ2v) is 12.6. The van der Waals surface area contributed by atoms with Crippen molar-refractivity contribution in [2.75, 3.05) is 24.2 Å². The van der Waals surface area contributed by atoms with E-state index in [0.717, 1.165) is 24.7 Å². The minimum Gasteiger partial charge on any atom is -0.455 e. The molecule has 40 heavy (non-hydrogen) atoms. The van der Waals surface area contributed by atoms with Crippen LogP contribution in [-0.2, 0) is 10.0 Å². The summed E-state index contributed by atoms with van der Waals surface area (Å²) in [5.41, 5.74) is 2.52. The molecule has 0 bridgehead atoms. The fourth-order valence-electron chi connectivity index (χ4n) is 4.87. The maximum atomic E-state index is 13.8. The summed E-state index contributed by atoms with van der Waals surface area (Å²) in [5, 5.41) is 14.0. The Morgan fingerprint density at radius 3 is 2.42 bits per heavy atom. The van der Waals surface area contributed by atoms with E-state index < -0.39 is 33.7 Å². The van der Waals surface area contributed by atoms with Gasteiger partial charge in [0.25, 0.3) is 5.91 Å². The van der Waals surface area contributed by atoms with Gasteiger partial charge in [0.1, 0.15) is 23.0 Å². The van der Waals surface area contributed by atoms with Gasteiger partial charge in [-0.1, -0.05) is 15.9 Å². The molecule has 2 N–H and O–H groups in total. The van der Waals surface area contributed by atoms with Gasteiger partial charge in [0.2, 0.25) is 10.0 Å². The van der Waals surface area contributed by atoms with E-state index in [1.165, 1.54) is 53.8 Å². The summed E-state index contributed by atoms with van der Waals surface area (Å²) < 4.78 is 61.4. The number of halogens is 3. The molecule has 7 nitrogen and oxygen atoms in total. The fourth-order valence-corrected chi connectivity index (χ4v) is 6.33. The van der Waals surface area contributed by atoms with Crippen molar-refractivity contribution in [1.82, 2.24) is 5.32 Å². The zero-order valence-corrected chi connectivity index (χ0v) is 24.2. The highest BCUT2D eigenvalue weighted by Gasteiger charge is 2.33. The Balaban J connectivity index is 1.61. The van der Waals surface area contributed by atoms with Crippen molar-refractivity contribution >= 4 is 48.5 Å². The molecular formula is C29H27BrF2N2O5S. The van der Waals surface area contributed by atoms with Crippen molar-refractivity contribution in [3.05, 3.63) is 87.4 Å². The third-order valence-electron chi connectivity index (χ3n) is 7.01. The number of rotatable bonds is 9. The lowest BCUT2D eigenvalue weighted by atomic mass is 10.00. The summed E-state index contributed by atoms with van der Waals surface area (Å²) in [6, 6.07) is 12.9. The average Bonchev–Trinajstić information content (AvgIpc) is 3.69. The lowest BCUT2D eigenvalue weighted by Gasteiger charge is -2.26. The number of nitrogens with one attached hydrogen (secondary N) is 1. The van der Waals surface area contributed by atoms with Gasteiger partial charge in [-0.25, -0.2) is 17.2 Å². The molecule has 0 aliphatic heterocycles. The van der Waals surface area contributed by atoms with Crippen LogP contribution in [0.25, 0.3) is 22.3 Å².